The van der Waals surface area contributed by atoms with Crippen molar-refractivity contribution in [2.75, 3.05) is 44.9 Å². The van der Waals surface area contributed by atoms with Gasteiger partial charge in [0.2, 0.25) is 0 Å². The topological polar surface area (TPSA) is 66.3 Å². The molecule has 4 rings (SSSR count). The fraction of sp³-hybridized carbons (Fsp3) is 0.636. The Labute approximate surface area is 173 Å². The van der Waals surface area contributed by atoms with Crippen molar-refractivity contribution in [3.05, 3.63) is 29.8 Å². The van der Waals surface area contributed by atoms with Crippen LogP contribution in [-0.4, -0.2) is 62.4 Å². The van der Waals surface area contributed by atoms with Gasteiger partial charge in [-0.3, -0.25) is 4.79 Å². The van der Waals surface area contributed by atoms with Gasteiger partial charge in [0.25, 0.3) is 5.91 Å². The zero-order chi connectivity index (χ0) is 20.4. The van der Waals surface area contributed by atoms with Crippen molar-refractivity contribution in [3.63, 3.8) is 0 Å². The van der Waals surface area contributed by atoms with Crippen molar-refractivity contribution in [1.82, 2.24) is 10.2 Å². The average molecular weight is 402 g/mol. The highest BCUT2D eigenvalue weighted by molar-refractivity contribution is 6.06. The number of anilines is 1. The van der Waals surface area contributed by atoms with E-state index in [4.69, 9.17) is 4.74 Å². The molecule has 2 aliphatic heterocycles. The van der Waals surface area contributed by atoms with Crippen LogP contribution in [0.3, 0.4) is 0 Å². The minimum atomic E-state index is -0.649. The third-order valence-corrected chi connectivity index (χ3v) is 6.62. The molecule has 0 bridgehead atoms. The van der Waals surface area contributed by atoms with E-state index in [1.807, 2.05) is 7.05 Å². The van der Waals surface area contributed by atoms with Gasteiger partial charge >= 0.3 is 6.03 Å². The summed E-state index contributed by atoms with van der Waals surface area (Å²) in [7, 11) is 2.03. The van der Waals surface area contributed by atoms with Crippen molar-refractivity contribution in [3.8, 4) is 0 Å². The summed E-state index contributed by atoms with van der Waals surface area (Å²) in [5, 5.41) is 3.01. The molecule has 2 N–H and O–H groups in total. The Morgan fingerprint density at radius 3 is 2.45 bits per heavy atom. The highest BCUT2D eigenvalue weighted by Gasteiger charge is 2.52. The summed E-state index contributed by atoms with van der Waals surface area (Å²) < 4.78 is 5.42. The van der Waals surface area contributed by atoms with E-state index in [2.05, 4.69) is 41.4 Å². The molecule has 2 saturated heterocycles. The number of hydrogen-bond donors (Lipinski definition) is 2. The van der Waals surface area contributed by atoms with Crippen molar-refractivity contribution < 1.29 is 19.2 Å². The molecule has 29 heavy (non-hydrogen) atoms. The van der Waals surface area contributed by atoms with Gasteiger partial charge in [-0.05, 0) is 43.7 Å². The third-order valence-electron chi connectivity index (χ3n) is 6.62. The fourth-order valence-corrected chi connectivity index (χ4v) is 4.73. The molecule has 1 aromatic carbocycles. The van der Waals surface area contributed by atoms with E-state index >= 15 is 0 Å². The summed E-state index contributed by atoms with van der Waals surface area (Å²) in [6.07, 6.45) is 3.52. The number of morpholine rings is 1. The highest BCUT2D eigenvalue weighted by Crippen LogP contribution is 2.35. The largest absolute Gasteiger partial charge is 0.378 e. The lowest BCUT2D eigenvalue weighted by Gasteiger charge is -2.33. The SMILES string of the molecule is CC1CCC2(CC1)NC(=O)N(C[NH+](C)Cc1ccc(N3CCOCC3)cc1)C2=O. The van der Waals surface area contributed by atoms with Crippen LogP contribution in [0.1, 0.15) is 38.2 Å². The van der Waals surface area contributed by atoms with Gasteiger partial charge in [0.15, 0.2) is 6.67 Å². The summed E-state index contributed by atoms with van der Waals surface area (Å²) in [6, 6.07) is 8.36. The lowest BCUT2D eigenvalue weighted by molar-refractivity contribution is -0.901. The number of hydrogen-bond acceptors (Lipinski definition) is 4. The van der Waals surface area contributed by atoms with Crippen LogP contribution in [-0.2, 0) is 16.1 Å². The molecule has 0 radical (unpaired) electrons. The molecule has 1 spiro atoms. The molecule has 1 saturated carbocycles. The first-order chi connectivity index (χ1) is 14.0. The predicted molar refractivity (Wildman–Crippen MR) is 111 cm³/mol. The molecule has 3 fully saturated rings. The summed E-state index contributed by atoms with van der Waals surface area (Å²) in [5.74, 6) is 0.601. The van der Waals surface area contributed by atoms with Crippen molar-refractivity contribution in [1.29, 1.82) is 0 Å². The lowest BCUT2D eigenvalue weighted by atomic mass is 9.77. The van der Waals surface area contributed by atoms with Crippen LogP contribution in [0, 0.1) is 5.92 Å². The number of imide groups is 1. The maximum Gasteiger partial charge on any atom is 0.329 e. The van der Waals surface area contributed by atoms with E-state index in [9.17, 15) is 9.59 Å². The Bertz CT molecular complexity index is 737. The van der Waals surface area contributed by atoms with Crippen LogP contribution >= 0.6 is 0 Å². The number of benzene rings is 1. The molecule has 1 aromatic rings. The number of rotatable bonds is 5. The zero-order valence-corrected chi connectivity index (χ0v) is 17.6. The van der Waals surface area contributed by atoms with Gasteiger partial charge in [-0.25, -0.2) is 9.69 Å². The van der Waals surface area contributed by atoms with Crippen LogP contribution in [0.25, 0.3) is 0 Å². The van der Waals surface area contributed by atoms with E-state index in [-0.39, 0.29) is 11.9 Å². The number of urea groups is 1. The van der Waals surface area contributed by atoms with E-state index in [1.54, 1.807) is 0 Å². The van der Waals surface area contributed by atoms with Crippen molar-refractivity contribution in [2.45, 2.75) is 44.7 Å². The molecule has 0 aromatic heterocycles. The molecule has 158 valence electrons. The fourth-order valence-electron chi connectivity index (χ4n) is 4.73. The highest BCUT2D eigenvalue weighted by atomic mass is 16.5. The maximum absolute atomic E-state index is 13.0. The summed E-state index contributed by atoms with van der Waals surface area (Å²) in [4.78, 5) is 30.4. The molecule has 7 heteroatoms. The van der Waals surface area contributed by atoms with E-state index in [0.29, 0.717) is 12.6 Å². The number of amides is 3. The second-order valence-electron chi connectivity index (χ2n) is 8.99. The van der Waals surface area contributed by atoms with Crippen LogP contribution in [0.2, 0.25) is 0 Å². The molecular weight excluding hydrogens is 368 g/mol. The zero-order valence-electron chi connectivity index (χ0n) is 17.6. The third kappa shape index (κ3) is 4.26. The van der Waals surface area contributed by atoms with Crippen LogP contribution in [0.15, 0.2) is 24.3 Å². The Hall–Kier alpha value is -2.12. The molecule has 2 heterocycles. The van der Waals surface area contributed by atoms with Gasteiger partial charge in [-0.1, -0.05) is 19.1 Å². The summed E-state index contributed by atoms with van der Waals surface area (Å²) >= 11 is 0. The van der Waals surface area contributed by atoms with Crippen LogP contribution < -0.4 is 15.1 Å². The Morgan fingerprint density at radius 1 is 1.14 bits per heavy atom. The van der Waals surface area contributed by atoms with Crippen LogP contribution in [0.5, 0.6) is 0 Å². The van der Waals surface area contributed by atoms with Crippen molar-refractivity contribution in [2.24, 2.45) is 5.92 Å². The Balaban J connectivity index is 1.34. The van der Waals surface area contributed by atoms with Gasteiger partial charge in [0.1, 0.15) is 12.1 Å². The number of nitrogens with zero attached hydrogens (tertiary/aromatic N) is 2. The quantitative estimate of drug-likeness (QED) is 0.723. The Morgan fingerprint density at radius 2 is 1.79 bits per heavy atom. The monoisotopic (exact) mass is 401 g/mol. The standard InChI is InChI=1S/C22H32N4O3/c1-17-7-9-22(10-8-17)20(27)26(21(28)23-22)16-24(2)15-18-3-5-19(6-4-18)25-11-13-29-14-12-25/h3-6,17H,7-16H2,1-2H3,(H,23,28)/p+1. The smallest absolute Gasteiger partial charge is 0.329 e. The summed E-state index contributed by atoms with van der Waals surface area (Å²) in [6.45, 7) is 6.79. The average Bonchev–Trinajstić information content (AvgIpc) is 2.96. The molecule has 1 atom stereocenters. The van der Waals surface area contributed by atoms with Gasteiger partial charge in [0.05, 0.1) is 20.3 Å². The van der Waals surface area contributed by atoms with E-state index < -0.39 is 5.54 Å². The molecule has 3 amide bonds. The number of nitrogens with one attached hydrogen (secondary N) is 2. The van der Waals surface area contributed by atoms with Gasteiger partial charge in [0, 0.05) is 24.3 Å². The first-order valence-electron chi connectivity index (χ1n) is 10.8. The van der Waals surface area contributed by atoms with Crippen LogP contribution in [0.4, 0.5) is 10.5 Å². The second-order valence-corrected chi connectivity index (χ2v) is 8.99. The minimum absolute atomic E-state index is 0.0311. The maximum atomic E-state index is 13.0. The van der Waals surface area contributed by atoms with Gasteiger partial charge in [-0.15, -0.1) is 0 Å². The first-order valence-corrected chi connectivity index (χ1v) is 10.8. The van der Waals surface area contributed by atoms with Crippen molar-refractivity contribution >= 4 is 17.6 Å². The number of quaternary nitrogens is 1. The van der Waals surface area contributed by atoms with Gasteiger partial charge < -0.3 is 19.9 Å². The Kier molecular flexibility index (Phi) is 5.79. The molecule has 7 nitrogen and oxygen atoms in total. The van der Waals surface area contributed by atoms with E-state index in [1.165, 1.54) is 16.2 Å². The summed E-state index contributed by atoms with van der Waals surface area (Å²) in [5.41, 5.74) is 1.77. The van der Waals surface area contributed by atoms with Gasteiger partial charge in [-0.2, -0.15) is 0 Å². The number of carbonyl (C=O) groups excluding carboxylic acids is 2. The minimum Gasteiger partial charge on any atom is -0.378 e. The first kappa shape index (κ1) is 20.2. The molecule has 1 aliphatic carbocycles. The number of carbonyl (C=O) groups is 2. The molecule has 1 unspecified atom stereocenters. The lowest BCUT2D eigenvalue weighted by Crippen LogP contribution is -3.09. The number of ether oxygens (including phenoxy) is 1. The second kappa shape index (κ2) is 8.32. The predicted octanol–water partition coefficient (Wildman–Crippen LogP) is 0.996. The normalized spacial score (nSPS) is 28.7. The molecule has 3 aliphatic rings. The van der Waals surface area contributed by atoms with E-state index in [0.717, 1.165) is 63.4 Å². The molecular formula is C22H33N4O3+.